The SMILES string of the molecule is S=C(NNc1nnc(-c2ccccc2)s1)Nc1ccc(Br)cc1. The van der Waals surface area contributed by atoms with Crippen LogP contribution in [0, 0.1) is 0 Å². The number of anilines is 2. The van der Waals surface area contributed by atoms with Crippen LogP contribution >= 0.6 is 39.5 Å². The first-order valence-corrected chi connectivity index (χ1v) is 8.70. The molecule has 3 rings (SSSR count). The van der Waals surface area contributed by atoms with Gasteiger partial charge in [0.15, 0.2) is 5.11 Å². The summed E-state index contributed by atoms with van der Waals surface area (Å²) in [5.74, 6) is 0. The maximum Gasteiger partial charge on any atom is 0.224 e. The van der Waals surface area contributed by atoms with Gasteiger partial charge in [-0.15, -0.1) is 10.2 Å². The van der Waals surface area contributed by atoms with Crippen LogP contribution in [0.1, 0.15) is 0 Å². The predicted molar refractivity (Wildman–Crippen MR) is 102 cm³/mol. The Hall–Kier alpha value is -2.03. The van der Waals surface area contributed by atoms with Crippen LogP contribution in [-0.2, 0) is 0 Å². The summed E-state index contributed by atoms with van der Waals surface area (Å²) in [5.41, 5.74) is 7.78. The molecule has 1 heterocycles. The van der Waals surface area contributed by atoms with Gasteiger partial charge in [0.1, 0.15) is 5.01 Å². The van der Waals surface area contributed by atoms with Crippen molar-refractivity contribution in [3.63, 3.8) is 0 Å². The van der Waals surface area contributed by atoms with Crippen LogP contribution in [0.3, 0.4) is 0 Å². The molecular formula is C15H12BrN5S2. The van der Waals surface area contributed by atoms with Crippen molar-refractivity contribution >= 4 is 55.4 Å². The van der Waals surface area contributed by atoms with Gasteiger partial charge in [0.25, 0.3) is 0 Å². The molecule has 2 aromatic carbocycles. The van der Waals surface area contributed by atoms with Crippen LogP contribution in [0.4, 0.5) is 10.8 Å². The van der Waals surface area contributed by atoms with Crippen molar-refractivity contribution in [2.75, 3.05) is 10.7 Å². The third-order valence-corrected chi connectivity index (χ3v) is 4.45. The number of aromatic nitrogens is 2. The first-order valence-electron chi connectivity index (χ1n) is 6.68. The Bertz CT molecular complexity index is 789. The number of hydrazine groups is 1. The molecule has 23 heavy (non-hydrogen) atoms. The summed E-state index contributed by atoms with van der Waals surface area (Å²) in [6, 6.07) is 17.6. The molecule has 0 atom stereocenters. The summed E-state index contributed by atoms with van der Waals surface area (Å²) in [5, 5.41) is 13.3. The molecule has 0 saturated carbocycles. The number of benzene rings is 2. The van der Waals surface area contributed by atoms with E-state index in [2.05, 4.69) is 42.3 Å². The number of nitrogens with zero attached hydrogens (tertiary/aromatic N) is 2. The molecule has 0 fully saturated rings. The van der Waals surface area contributed by atoms with Crippen LogP contribution in [0.5, 0.6) is 0 Å². The van der Waals surface area contributed by atoms with Crippen LogP contribution in [-0.4, -0.2) is 15.3 Å². The van der Waals surface area contributed by atoms with E-state index in [0.29, 0.717) is 10.2 Å². The van der Waals surface area contributed by atoms with Gasteiger partial charge in [-0.25, -0.2) is 0 Å². The van der Waals surface area contributed by atoms with Crippen LogP contribution < -0.4 is 16.2 Å². The zero-order chi connectivity index (χ0) is 16.1. The Morgan fingerprint density at radius 2 is 1.74 bits per heavy atom. The second-order valence-corrected chi connectivity index (χ2v) is 6.79. The number of rotatable bonds is 4. The Balaban J connectivity index is 1.55. The van der Waals surface area contributed by atoms with E-state index < -0.39 is 0 Å². The van der Waals surface area contributed by atoms with Crippen molar-refractivity contribution in [1.82, 2.24) is 15.6 Å². The van der Waals surface area contributed by atoms with Crippen LogP contribution in [0.25, 0.3) is 10.6 Å². The fourth-order valence-corrected chi connectivity index (χ4v) is 2.91. The van der Waals surface area contributed by atoms with Crippen LogP contribution in [0.2, 0.25) is 0 Å². The second-order valence-electron chi connectivity index (χ2n) is 4.49. The number of thiocarbonyl (C=S) groups is 1. The molecule has 0 unspecified atom stereocenters. The molecule has 5 nitrogen and oxygen atoms in total. The van der Waals surface area contributed by atoms with Gasteiger partial charge in [-0.05, 0) is 36.5 Å². The van der Waals surface area contributed by atoms with Crippen molar-refractivity contribution < 1.29 is 0 Å². The summed E-state index contributed by atoms with van der Waals surface area (Å²) < 4.78 is 1.02. The van der Waals surface area contributed by atoms with Crippen molar-refractivity contribution in [3.8, 4) is 10.6 Å². The molecule has 0 aliphatic rings. The highest BCUT2D eigenvalue weighted by Crippen LogP contribution is 2.25. The number of hydrogen-bond donors (Lipinski definition) is 3. The summed E-state index contributed by atoms with van der Waals surface area (Å²) in [4.78, 5) is 0. The van der Waals surface area contributed by atoms with Gasteiger partial charge in [-0.3, -0.25) is 10.9 Å². The van der Waals surface area contributed by atoms with Crippen LogP contribution in [0.15, 0.2) is 59.1 Å². The standard InChI is InChI=1S/C15H12BrN5S2/c16-11-6-8-12(9-7-11)17-14(22)19-21-15-20-18-13(23-15)10-4-2-1-3-5-10/h1-9H,(H,20,21)(H2,17,19,22). The van der Waals surface area contributed by atoms with E-state index in [1.807, 2.05) is 54.6 Å². The lowest BCUT2D eigenvalue weighted by Gasteiger charge is -2.10. The van der Waals surface area contributed by atoms with E-state index in [1.165, 1.54) is 11.3 Å². The first-order chi connectivity index (χ1) is 11.2. The molecule has 0 aliphatic carbocycles. The van der Waals surface area contributed by atoms with Crippen molar-refractivity contribution in [2.45, 2.75) is 0 Å². The molecule has 0 aliphatic heterocycles. The summed E-state index contributed by atoms with van der Waals surface area (Å²) >= 11 is 10.1. The lowest BCUT2D eigenvalue weighted by Crippen LogP contribution is -2.33. The van der Waals surface area contributed by atoms with E-state index in [1.54, 1.807) is 0 Å². The highest BCUT2D eigenvalue weighted by molar-refractivity contribution is 9.10. The zero-order valence-electron chi connectivity index (χ0n) is 11.8. The molecule has 1 aromatic heterocycles. The summed E-state index contributed by atoms with van der Waals surface area (Å²) in [7, 11) is 0. The minimum Gasteiger partial charge on any atom is -0.331 e. The van der Waals surface area contributed by atoms with Crippen molar-refractivity contribution in [2.24, 2.45) is 0 Å². The van der Waals surface area contributed by atoms with E-state index in [4.69, 9.17) is 12.2 Å². The predicted octanol–water partition coefficient (Wildman–Crippen LogP) is 4.28. The smallest absolute Gasteiger partial charge is 0.224 e. The Labute approximate surface area is 151 Å². The minimum atomic E-state index is 0.448. The topological polar surface area (TPSA) is 61.9 Å². The molecule has 116 valence electrons. The first kappa shape index (κ1) is 15.9. The largest absolute Gasteiger partial charge is 0.331 e. The Morgan fingerprint density at radius 1 is 1.00 bits per heavy atom. The minimum absolute atomic E-state index is 0.448. The number of halogens is 1. The van der Waals surface area contributed by atoms with Crippen molar-refractivity contribution in [3.05, 3.63) is 59.1 Å². The zero-order valence-corrected chi connectivity index (χ0v) is 15.0. The quantitative estimate of drug-likeness (QED) is 0.444. The lowest BCUT2D eigenvalue weighted by molar-refractivity contribution is 1.04. The molecule has 8 heteroatoms. The van der Waals surface area contributed by atoms with Gasteiger partial charge in [-0.2, -0.15) is 0 Å². The summed E-state index contributed by atoms with van der Waals surface area (Å²) in [6.45, 7) is 0. The molecule has 0 amide bonds. The van der Waals surface area contributed by atoms with Gasteiger partial charge in [0.2, 0.25) is 5.13 Å². The molecule has 0 bridgehead atoms. The van der Waals surface area contributed by atoms with E-state index in [-0.39, 0.29) is 0 Å². The van der Waals surface area contributed by atoms with E-state index in [0.717, 1.165) is 20.7 Å². The monoisotopic (exact) mass is 405 g/mol. The number of nitrogens with one attached hydrogen (secondary N) is 3. The second kappa shape index (κ2) is 7.49. The van der Waals surface area contributed by atoms with E-state index >= 15 is 0 Å². The number of hydrogen-bond acceptors (Lipinski definition) is 5. The average molecular weight is 406 g/mol. The highest BCUT2D eigenvalue weighted by Gasteiger charge is 2.06. The highest BCUT2D eigenvalue weighted by atomic mass is 79.9. The van der Waals surface area contributed by atoms with Gasteiger partial charge in [0, 0.05) is 15.7 Å². The lowest BCUT2D eigenvalue weighted by atomic mass is 10.2. The van der Waals surface area contributed by atoms with Gasteiger partial charge in [-0.1, -0.05) is 57.6 Å². The van der Waals surface area contributed by atoms with Gasteiger partial charge < -0.3 is 5.32 Å². The Morgan fingerprint density at radius 3 is 2.48 bits per heavy atom. The third-order valence-electron chi connectivity index (χ3n) is 2.83. The normalized spacial score (nSPS) is 10.1. The van der Waals surface area contributed by atoms with Crippen molar-refractivity contribution in [1.29, 1.82) is 0 Å². The third kappa shape index (κ3) is 4.47. The Kier molecular flexibility index (Phi) is 5.16. The molecule has 0 spiro atoms. The fourth-order valence-electron chi connectivity index (χ4n) is 1.78. The van der Waals surface area contributed by atoms with Gasteiger partial charge >= 0.3 is 0 Å². The average Bonchev–Trinajstić information content (AvgIpc) is 3.05. The molecule has 3 N–H and O–H groups in total. The maximum absolute atomic E-state index is 5.23. The van der Waals surface area contributed by atoms with E-state index in [9.17, 15) is 0 Å². The summed E-state index contributed by atoms with van der Waals surface area (Å²) in [6.07, 6.45) is 0. The molecule has 3 aromatic rings. The maximum atomic E-state index is 5.23. The van der Waals surface area contributed by atoms with Gasteiger partial charge in [0.05, 0.1) is 0 Å². The molecular weight excluding hydrogens is 394 g/mol. The molecule has 0 radical (unpaired) electrons. The molecule has 0 saturated heterocycles. The fraction of sp³-hybridized carbons (Fsp3) is 0.